The summed E-state index contributed by atoms with van der Waals surface area (Å²) >= 11 is 1.48. The minimum atomic E-state index is -0.901. The van der Waals surface area contributed by atoms with Crippen LogP contribution in [0.1, 0.15) is 86.5 Å². The molecule has 2 N–H and O–H groups in total. The number of carboxylic acid groups (broad SMARTS) is 1. The van der Waals surface area contributed by atoms with Crippen molar-refractivity contribution in [2.24, 2.45) is 23.7 Å². The van der Waals surface area contributed by atoms with Gasteiger partial charge in [0.15, 0.2) is 0 Å². The number of anilines is 1. The highest BCUT2D eigenvalue weighted by atomic mass is 32.1. The SMILES string of the molecule is CCOC(=O)c1c(NC(=O)[C@H]2[C@@H](C(=O)O)[C@@H]3CC[C@@H]2C3=C(C)C)sc2c1CCCCCCC2. The Morgan fingerprint density at radius 2 is 1.64 bits per heavy atom. The second-order valence-corrected chi connectivity index (χ2v) is 10.9. The number of nitrogens with one attached hydrogen (secondary N) is 1. The molecule has 6 nitrogen and oxygen atoms in total. The second-order valence-electron chi connectivity index (χ2n) is 9.82. The van der Waals surface area contributed by atoms with Crippen LogP contribution in [-0.4, -0.2) is 29.6 Å². The molecular weight excluding hydrogens is 438 g/mol. The monoisotopic (exact) mass is 473 g/mol. The molecule has 3 aliphatic rings. The van der Waals surface area contributed by atoms with Gasteiger partial charge >= 0.3 is 11.9 Å². The number of esters is 1. The highest BCUT2D eigenvalue weighted by Gasteiger charge is 2.57. The highest BCUT2D eigenvalue weighted by molar-refractivity contribution is 7.17. The first kappa shape index (κ1) is 24.0. The van der Waals surface area contributed by atoms with Crippen LogP contribution in [0.3, 0.4) is 0 Å². The summed E-state index contributed by atoms with van der Waals surface area (Å²) in [7, 11) is 0. The number of aliphatic carboxylic acids is 1. The van der Waals surface area contributed by atoms with Crippen LogP contribution in [-0.2, 0) is 27.2 Å². The number of carbonyl (C=O) groups excluding carboxylic acids is 2. The fraction of sp³-hybridized carbons (Fsp3) is 0.654. The number of carboxylic acids is 1. The molecule has 0 radical (unpaired) electrons. The van der Waals surface area contributed by atoms with Gasteiger partial charge in [0.2, 0.25) is 5.91 Å². The van der Waals surface area contributed by atoms with Crippen LogP contribution in [0.5, 0.6) is 0 Å². The van der Waals surface area contributed by atoms with Gasteiger partial charge in [-0.1, -0.05) is 30.4 Å². The summed E-state index contributed by atoms with van der Waals surface area (Å²) in [5.74, 6) is -2.97. The molecule has 1 aromatic heterocycles. The molecule has 0 spiro atoms. The predicted molar refractivity (Wildman–Crippen MR) is 129 cm³/mol. The minimum absolute atomic E-state index is 0.0309. The van der Waals surface area contributed by atoms with Gasteiger partial charge in [-0.05, 0) is 76.7 Å². The summed E-state index contributed by atoms with van der Waals surface area (Å²) in [6.07, 6.45) is 8.98. The Bertz CT molecular complexity index is 974. The number of amides is 1. The zero-order chi connectivity index (χ0) is 23.7. The van der Waals surface area contributed by atoms with Gasteiger partial charge in [0, 0.05) is 4.88 Å². The Kier molecular flexibility index (Phi) is 7.27. The van der Waals surface area contributed by atoms with E-state index in [0.717, 1.165) is 66.5 Å². The van der Waals surface area contributed by atoms with E-state index in [-0.39, 0.29) is 24.3 Å². The van der Waals surface area contributed by atoms with Gasteiger partial charge in [0.25, 0.3) is 0 Å². The van der Waals surface area contributed by atoms with Gasteiger partial charge in [0.05, 0.1) is 24.0 Å². The number of hydrogen-bond acceptors (Lipinski definition) is 5. The van der Waals surface area contributed by atoms with Crippen LogP contribution in [0.25, 0.3) is 0 Å². The van der Waals surface area contributed by atoms with E-state index in [4.69, 9.17) is 4.74 Å². The van der Waals surface area contributed by atoms with E-state index in [9.17, 15) is 19.5 Å². The predicted octanol–water partition coefficient (Wildman–Crippen LogP) is 5.61. The van der Waals surface area contributed by atoms with E-state index < -0.39 is 23.8 Å². The molecule has 0 aromatic carbocycles. The number of fused-ring (bicyclic) bond motifs is 3. The molecule has 7 heteroatoms. The number of rotatable bonds is 5. The largest absolute Gasteiger partial charge is 0.481 e. The van der Waals surface area contributed by atoms with Gasteiger partial charge in [0.1, 0.15) is 5.00 Å². The summed E-state index contributed by atoms with van der Waals surface area (Å²) in [6, 6.07) is 0. The van der Waals surface area contributed by atoms with E-state index in [1.807, 2.05) is 13.8 Å². The average molecular weight is 474 g/mol. The van der Waals surface area contributed by atoms with Crippen LogP contribution in [0.2, 0.25) is 0 Å². The normalized spacial score (nSPS) is 26.7. The number of aryl methyl sites for hydroxylation is 1. The van der Waals surface area contributed by atoms with Crippen LogP contribution in [0.15, 0.2) is 11.1 Å². The molecule has 0 aliphatic heterocycles. The number of hydrogen-bond donors (Lipinski definition) is 2. The maximum absolute atomic E-state index is 13.6. The standard InChI is InChI=1S/C26H35NO5S/c1-4-32-26(31)22-15-10-8-6-5-7-9-11-18(15)33-24(22)27-23(28)20-16-12-13-17(19(16)14(2)3)21(20)25(29)30/h16-17,20-21H,4-13H2,1-3H3,(H,27,28)(H,29,30)/t16-,17-,20-,21+/m1/s1. The summed E-state index contributed by atoms with van der Waals surface area (Å²) in [5.41, 5.74) is 3.79. The molecule has 2 fully saturated rings. The molecule has 1 heterocycles. The van der Waals surface area contributed by atoms with Gasteiger partial charge in [-0.15, -0.1) is 11.3 Å². The second kappa shape index (κ2) is 10.00. The fourth-order valence-corrected chi connectivity index (χ4v) is 7.68. The molecule has 1 aromatic rings. The Hall–Kier alpha value is -2.15. The fourth-order valence-electron chi connectivity index (χ4n) is 6.40. The van der Waals surface area contributed by atoms with Crippen molar-refractivity contribution < 1.29 is 24.2 Å². The van der Waals surface area contributed by atoms with Gasteiger partial charge in [-0.2, -0.15) is 0 Å². The maximum Gasteiger partial charge on any atom is 0.341 e. The van der Waals surface area contributed by atoms with Gasteiger partial charge in [-0.3, -0.25) is 9.59 Å². The molecule has 4 atom stereocenters. The molecule has 1 amide bonds. The number of ether oxygens (including phenoxy) is 1. The van der Waals surface area contributed by atoms with Gasteiger partial charge in [-0.25, -0.2) is 4.79 Å². The maximum atomic E-state index is 13.6. The van der Waals surface area contributed by atoms with E-state index in [0.29, 0.717) is 10.6 Å². The van der Waals surface area contributed by atoms with Crippen LogP contribution < -0.4 is 5.32 Å². The molecule has 2 bridgehead atoms. The van der Waals surface area contributed by atoms with E-state index in [1.165, 1.54) is 24.2 Å². The van der Waals surface area contributed by atoms with Crippen molar-refractivity contribution in [2.45, 2.75) is 78.6 Å². The summed E-state index contributed by atoms with van der Waals surface area (Å²) < 4.78 is 5.38. The van der Waals surface area contributed by atoms with Crippen molar-refractivity contribution in [3.8, 4) is 0 Å². The van der Waals surface area contributed by atoms with Crippen molar-refractivity contribution in [1.82, 2.24) is 0 Å². The lowest BCUT2D eigenvalue weighted by Gasteiger charge is -2.26. The molecular formula is C26H35NO5S. The third-order valence-electron chi connectivity index (χ3n) is 7.64. The zero-order valence-corrected chi connectivity index (χ0v) is 20.7. The molecule has 0 unspecified atom stereocenters. The zero-order valence-electron chi connectivity index (χ0n) is 19.9. The van der Waals surface area contributed by atoms with Gasteiger partial charge < -0.3 is 15.2 Å². The molecule has 33 heavy (non-hydrogen) atoms. The third kappa shape index (κ3) is 4.48. The Balaban J connectivity index is 1.68. The van der Waals surface area contributed by atoms with Crippen LogP contribution in [0.4, 0.5) is 5.00 Å². The molecule has 3 aliphatic carbocycles. The molecule has 2 saturated carbocycles. The van der Waals surface area contributed by atoms with Crippen molar-refractivity contribution >= 4 is 34.2 Å². The molecule has 0 saturated heterocycles. The van der Waals surface area contributed by atoms with Crippen molar-refractivity contribution in [3.63, 3.8) is 0 Å². The first-order valence-corrected chi connectivity index (χ1v) is 13.2. The first-order valence-electron chi connectivity index (χ1n) is 12.4. The van der Waals surface area contributed by atoms with Crippen LogP contribution >= 0.6 is 11.3 Å². The lowest BCUT2D eigenvalue weighted by Crippen LogP contribution is -2.38. The van der Waals surface area contributed by atoms with E-state index in [2.05, 4.69) is 5.32 Å². The molecule has 180 valence electrons. The van der Waals surface area contributed by atoms with E-state index in [1.54, 1.807) is 6.92 Å². The highest BCUT2D eigenvalue weighted by Crippen LogP contribution is 2.57. The third-order valence-corrected chi connectivity index (χ3v) is 8.85. The number of thiophene rings is 1. The molecule has 4 rings (SSSR count). The Morgan fingerprint density at radius 3 is 2.27 bits per heavy atom. The lowest BCUT2D eigenvalue weighted by atomic mass is 9.78. The average Bonchev–Trinajstić information content (AvgIpc) is 3.43. The first-order chi connectivity index (χ1) is 15.8. The van der Waals surface area contributed by atoms with Crippen molar-refractivity contribution in [2.75, 3.05) is 11.9 Å². The van der Waals surface area contributed by atoms with Crippen molar-refractivity contribution in [3.05, 3.63) is 27.2 Å². The summed E-state index contributed by atoms with van der Waals surface area (Å²) in [6.45, 7) is 6.08. The van der Waals surface area contributed by atoms with Crippen molar-refractivity contribution in [1.29, 1.82) is 0 Å². The lowest BCUT2D eigenvalue weighted by molar-refractivity contribution is -0.148. The van der Waals surface area contributed by atoms with E-state index >= 15 is 0 Å². The quantitative estimate of drug-likeness (QED) is 0.429. The Morgan fingerprint density at radius 1 is 1.00 bits per heavy atom. The Labute approximate surface area is 199 Å². The summed E-state index contributed by atoms with van der Waals surface area (Å²) in [5, 5.41) is 13.5. The van der Waals surface area contributed by atoms with Crippen LogP contribution in [0, 0.1) is 23.7 Å². The smallest absolute Gasteiger partial charge is 0.341 e. The number of allylic oxidation sites excluding steroid dienone is 2. The summed E-state index contributed by atoms with van der Waals surface area (Å²) in [4.78, 5) is 39.9. The topological polar surface area (TPSA) is 92.7 Å². The minimum Gasteiger partial charge on any atom is -0.481 e. The number of carbonyl (C=O) groups is 3.